The number of nitrogens with zero attached hydrogens (tertiary/aromatic N) is 3. The molecule has 0 aromatic heterocycles. The lowest BCUT2D eigenvalue weighted by molar-refractivity contribution is -0.133. The van der Waals surface area contributed by atoms with Crippen molar-refractivity contribution in [1.82, 2.24) is 14.7 Å². The van der Waals surface area contributed by atoms with Crippen LogP contribution in [0.2, 0.25) is 0 Å². The largest absolute Gasteiger partial charge is 0.337 e. The van der Waals surface area contributed by atoms with E-state index in [1.807, 2.05) is 23.1 Å². The van der Waals surface area contributed by atoms with E-state index in [2.05, 4.69) is 43.1 Å². The van der Waals surface area contributed by atoms with Gasteiger partial charge in [0, 0.05) is 32.1 Å². The molecule has 23 heavy (non-hydrogen) atoms. The third kappa shape index (κ3) is 5.96. The molecule has 1 aliphatic rings. The van der Waals surface area contributed by atoms with Crippen molar-refractivity contribution in [3.8, 4) is 0 Å². The molecule has 0 aliphatic carbocycles. The zero-order valence-corrected chi connectivity index (χ0v) is 14.9. The van der Waals surface area contributed by atoms with Gasteiger partial charge in [-0.05, 0) is 46.1 Å². The van der Waals surface area contributed by atoms with E-state index in [9.17, 15) is 4.79 Å². The predicted molar refractivity (Wildman–Crippen MR) is 95.3 cm³/mol. The van der Waals surface area contributed by atoms with E-state index in [-0.39, 0.29) is 5.91 Å². The van der Waals surface area contributed by atoms with Crippen molar-refractivity contribution in [1.29, 1.82) is 0 Å². The lowest BCUT2D eigenvalue weighted by Gasteiger charge is -2.34. The molecule has 0 unspecified atom stereocenters. The number of hydrogen-bond donors (Lipinski definition) is 0. The van der Waals surface area contributed by atoms with Crippen LogP contribution in [0.4, 0.5) is 0 Å². The van der Waals surface area contributed by atoms with Crippen LogP contribution in [0.3, 0.4) is 0 Å². The van der Waals surface area contributed by atoms with Crippen molar-refractivity contribution in [2.45, 2.75) is 38.3 Å². The molecule has 1 aromatic rings. The highest BCUT2D eigenvalue weighted by Crippen LogP contribution is 2.19. The summed E-state index contributed by atoms with van der Waals surface area (Å²) in [5.41, 5.74) is 1.21. The zero-order chi connectivity index (χ0) is 16.7. The highest BCUT2D eigenvalue weighted by molar-refractivity contribution is 5.76. The molecule has 4 heteroatoms. The van der Waals surface area contributed by atoms with E-state index in [1.54, 1.807) is 0 Å². The minimum atomic E-state index is 0.287. The molecule has 0 radical (unpaired) electrons. The van der Waals surface area contributed by atoms with Gasteiger partial charge in [-0.25, -0.2) is 0 Å². The zero-order valence-electron chi connectivity index (χ0n) is 14.9. The SMILES string of the molecule is CN(C)CCN(Cc1ccccc1)C(=O)C[C@@H]1CCCCN1C. The molecule has 0 bridgehead atoms. The molecule has 1 aromatic carbocycles. The molecule has 2 rings (SSSR count). The molecule has 0 N–H and O–H groups in total. The Morgan fingerprint density at radius 1 is 1.17 bits per heavy atom. The molecule has 1 fully saturated rings. The first-order valence-corrected chi connectivity index (χ1v) is 8.73. The van der Waals surface area contributed by atoms with Crippen molar-refractivity contribution in [3.05, 3.63) is 35.9 Å². The fraction of sp³-hybridized carbons (Fsp3) is 0.632. The fourth-order valence-corrected chi connectivity index (χ4v) is 3.15. The number of rotatable bonds is 7. The summed E-state index contributed by atoms with van der Waals surface area (Å²) in [7, 11) is 6.26. The van der Waals surface area contributed by atoms with Crippen molar-refractivity contribution in [3.63, 3.8) is 0 Å². The summed E-state index contributed by atoms with van der Waals surface area (Å²) in [6.45, 7) is 3.52. The Morgan fingerprint density at radius 2 is 1.91 bits per heavy atom. The van der Waals surface area contributed by atoms with Crippen LogP contribution in [0.25, 0.3) is 0 Å². The Morgan fingerprint density at radius 3 is 2.57 bits per heavy atom. The third-order valence-corrected chi connectivity index (χ3v) is 4.72. The lowest BCUT2D eigenvalue weighted by Crippen LogP contribution is -2.43. The van der Waals surface area contributed by atoms with E-state index in [0.29, 0.717) is 19.0 Å². The number of likely N-dealkylation sites (tertiary alicyclic amines) is 1. The van der Waals surface area contributed by atoms with Gasteiger partial charge in [0.25, 0.3) is 0 Å². The van der Waals surface area contributed by atoms with Crippen LogP contribution >= 0.6 is 0 Å². The van der Waals surface area contributed by atoms with Crippen LogP contribution in [0.5, 0.6) is 0 Å². The van der Waals surface area contributed by atoms with Crippen LogP contribution in [0.1, 0.15) is 31.2 Å². The number of amides is 1. The maximum atomic E-state index is 12.9. The molecule has 128 valence electrons. The summed E-state index contributed by atoms with van der Waals surface area (Å²) >= 11 is 0. The maximum Gasteiger partial charge on any atom is 0.224 e. The first kappa shape index (κ1) is 18.0. The van der Waals surface area contributed by atoms with E-state index in [1.165, 1.54) is 18.4 Å². The van der Waals surface area contributed by atoms with Crippen LogP contribution in [-0.4, -0.2) is 67.4 Å². The number of carbonyl (C=O) groups is 1. The number of benzene rings is 1. The van der Waals surface area contributed by atoms with Gasteiger partial charge >= 0.3 is 0 Å². The number of hydrogen-bond acceptors (Lipinski definition) is 3. The normalized spacial score (nSPS) is 19.0. The standard InChI is InChI=1S/C19H31N3O/c1-20(2)13-14-22(16-17-9-5-4-6-10-17)19(23)15-18-11-7-8-12-21(18)3/h4-6,9-10,18H,7-8,11-16H2,1-3H3/t18-/m0/s1. The summed E-state index contributed by atoms with van der Waals surface area (Å²) < 4.78 is 0. The van der Waals surface area contributed by atoms with Gasteiger partial charge in [0.1, 0.15) is 0 Å². The van der Waals surface area contributed by atoms with Gasteiger partial charge in [-0.15, -0.1) is 0 Å². The van der Waals surface area contributed by atoms with Crippen molar-refractivity contribution >= 4 is 5.91 Å². The van der Waals surface area contributed by atoms with Gasteiger partial charge in [-0.2, -0.15) is 0 Å². The minimum absolute atomic E-state index is 0.287. The molecule has 1 atom stereocenters. The molecule has 1 heterocycles. The summed E-state index contributed by atoms with van der Waals surface area (Å²) in [4.78, 5) is 19.4. The highest BCUT2D eigenvalue weighted by Gasteiger charge is 2.24. The summed E-state index contributed by atoms with van der Waals surface area (Å²) in [5, 5.41) is 0. The first-order chi connectivity index (χ1) is 11.1. The molecule has 0 spiro atoms. The molecule has 1 amide bonds. The fourth-order valence-electron chi connectivity index (χ4n) is 3.15. The third-order valence-electron chi connectivity index (χ3n) is 4.72. The predicted octanol–water partition coefficient (Wildman–Crippen LogP) is 2.45. The van der Waals surface area contributed by atoms with Crippen LogP contribution in [0.15, 0.2) is 30.3 Å². The van der Waals surface area contributed by atoms with Gasteiger partial charge < -0.3 is 14.7 Å². The van der Waals surface area contributed by atoms with Crippen molar-refractivity contribution < 1.29 is 4.79 Å². The van der Waals surface area contributed by atoms with Gasteiger partial charge in [-0.1, -0.05) is 36.8 Å². The van der Waals surface area contributed by atoms with Crippen molar-refractivity contribution in [2.24, 2.45) is 0 Å². The molecule has 1 aliphatic heterocycles. The van der Waals surface area contributed by atoms with Crippen LogP contribution in [-0.2, 0) is 11.3 Å². The minimum Gasteiger partial charge on any atom is -0.337 e. The monoisotopic (exact) mass is 317 g/mol. The lowest BCUT2D eigenvalue weighted by atomic mass is 9.99. The first-order valence-electron chi connectivity index (χ1n) is 8.73. The van der Waals surface area contributed by atoms with Gasteiger partial charge in [0.2, 0.25) is 5.91 Å². The Bertz CT molecular complexity index is 475. The van der Waals surface area contributed by atoms with Gasteiger partial charge in [-0.3, -0.25) is 4.79 Å². The number of carbonyl (C=O) groups excluding carboxylic acids is 1. The quantitative estimate of drug-likeness (QED) is 0.773. The van der Waals surface area contributed by atoms with E-state index in [0.717, 1.165) is 26.1 Å². The number of piperidine rings is 1. The summed E-state index contributed by atoms with van der Waals surface area (Å²) in [5.74, 6) is 0.287. The van der Waals surface area contributed by atoms with E-state index in [4.69, 9.17) is 0 Å². The van der Waals surface area contributed by atoms with E-state index < -0.39 is 0 Å². The molecule has 1 saturated heterocycles. The Labute approximate surface area is 141 Å². The van der Waals surface area contributed by atoms with Gasteiger partial charge in [0.15, 0.2) is 0 Å². The highest BCUT2D eigenvalue weighted by atomic mass is 16.2. The van der Waals surface area contributed by atoms with Crippen LogP contribution < -0.4 is 0 Å². The molecular formula is C19H31N3O. The van der Waals surface area contributed by atoms with Crippen LogP contribution in [0, 0.1) is 0 Å². The summed E-state index contributed by atoms with van der Waals surface area (Å²) in [6.07, 6.45) is 4.31. The Hall–Kier alpha value is -1.39. The Balaban J connectivity index is 1.98. The topological polar surface area (TPSA) is 26.8 Å². The average molecular weight is 317 g/mol. The second-order valence-electron chi connectivity index (χ2n) is 6.94. The average Bonchev–Trinajstić information content (AvgIpc) is 2.54. The molecular weight excluding hydrogens is 286 g/mol. The number of likely N-dealkylation sites (N-methyl/N-ethyl adjacent to an activating group) is 1. The van der Waals surface area contributed by atoms with E-state index >= 15 is 0 Å². The maximum absolute atomic E-state index is 12.9. The second kappa shape index (κ2) is 9.04. The second-order valence-corrected chi connectivity index (χ2v) is 6.94. The Kier molecular flexibility index (Phi) is 7.06. The molecule has 4 nitrogen and oxygen atoms in total. The summed E-state index contributed by atoms with van der Waals surface area (Å²) in [6, 6.07) is 10.7. The van der Waals surface area contributed by atoms with Gasteiger partial charge in [0.05, 0.1) is 0 Å². The molecule has 0 saturated carbocycles. The van der Waals surface area contributed by atoms with Crippen molar-refractivity contribution in [2.75, 3.05) is 40.8 Å². The smallest absolute Gasteiger partial charge is 0.224 e.